The molecule has 0 saturated heterocycles. The third-order valence-electron chi connectivity index (χ3n) is 1.96. The van der Waals surface area contributed by atoms with Crippen molar-refractivity contribution in [3.63, 3.8) is 0 Å². The number of hydrogen-bond acceptors (Lipinski definition) is 4. The van der Waals surface area contributed by atoms with E-state index in [2.05, 4.69) is 4.72 Å². The van der Waals surface area contributed by atoms with Crippen LogP contribution in [0.25, 0.3) is 0 Å². The van der Waals surface area contributed by atoms with E-state index in [1.54, 1.807) is 0 Å². The van der Waals surface area contributed by atoms with Gasteiger partial charge in [0.05, 0.1) is 12.3 Å². The molecule has 0 saturated carbocycles. The highest BCUT2D eigenvalue weighted by Crippen LogP contribution is 2.16. The minimum Gasteiger partial charge on any atom is -0.475 e. The standard InChI is InChI=1S/C11H17NO5S/c1-11(2,3)7-18(15,16)12-6-8-4-5-9(17-8)10(13)14/h4-5,12H,6-7H2,1-3H3,(H,13,14). The summed E-state index contributed by atoms with van der Waals surface area (Å²) in [6, 6.07) is 2.72. The molecular formula is C11H17NO5S. The largest absolute Gasteiger partial charge is 0.475 e. The number of carboxylic acid groups (broad SMARTS) is 1. The predicted molar refractivity (Wildman–Crippen MR) is 65.7 cm³/mol. The van der Waals surface area contributed by atoms with Gasteiger partial charge in [-0.3, -0.25) is 0 Å². The van der Waals surface area contributed by atoms with Gasteiger partial charge in [-0.25, -0.2) is 17.9 Å². The van der Waals surface area contributed by atoms with Crippen molar-refractivity contribution in [2.24, 2.45) is 5.41 Å². The number of aromatic carboxylic acids is 1. The van der Waals surface area contributed by atoms with Gasteiger partial charge in [-0.2, -0.15) is 0 Å². The molecule has 0 radical (unpaired) electrons. The Bertz CT molecular complexity index is 524. The SMILES string of the molecule is CC(C)(C)CS(=O)(=O)NCc1ccc(C(=O)O)o1. The molecule has 18 heavy (non-hydrogen) atoms. The molecule has 1 aromatic rings. The lowest BCUT2D eigenvalue weighted by Gasteiger charge is -2.17. The molecule has 0 aromatic carbocycles. The van der Waals surface area contributed by atoms with E-state index in [1.807, 2.05) is 20.8 Å². The summed E-state index contributed by atoms with van der Waals surface area (Å²) in [6.07, 6.45) is 0. The minimum absolute atomic E-state index is 0.00744. The van der Waals surface area contributed by atoms with E-state index in [0.29, 0.717) is 0 Å². The Morgan fingerprint density at radius 2 is 2.00 bits per heavy atom. The van der Waals surface area contributed by atoms with Crippen LogP contribution in [0.3, 0.4) is 0 Å². The molecule has 1 heterocycles. The van der Waals surface area contributed by atoms with Gasteiger partial charge in [0.15, 0.2) is 0 Å². The van der Waals surface area contributed by atoms with Crippen molar-refractivity contribution in [1.29, 1.82) is 0 Å². The van der Waals surface area contributed by atoms with Crippen molar-refractivity contribution < 1.29 is 22.7 Å². The van der Waals surface area contributed by atoms with Crippen LogP contribution in [0.1, 0.15) is 37.1 Å². The maximum Gasteiger partial charge on any atom is 0.371 e. The molecule has 0 spiro atoms. The van der Waals surface area contributed by atoms with E-state index >= 15 is 0 Å². The Morgan fingerprint density at radius 1 is 1.39 bits per heavy atom. The topological polar surface area (TPSA) is 96.6 Å². The van der Waals surface area contributed by atoms with E-state index in [1.165, 1.54) is 12.1 Å². The van der Waals surface area contributed by atoms with E-state index < -0.39 is 16.0 Å². The lowest BCUT2D eigenvalue weighted by molar-refractivity contribution is 0.0660. The van der Waals surface area contributed by atoms with E-state index in [0.717, 1.165) is 0 Å². The molecule has 7 heteroatoms. The summed E-state index contributed by atoms with van der Waals surface area (Å²) in [6.45, 7) is 5.41. The van der Waals surface area contributed by atoms with Crippen LogP contribution in [0.4, 0.5) is 0 Å². The molecule has 1 rings (SSSR count). The average Bonchev–Trinajstić information content (AvgIpc) is 2.59. The molecule has 0 fully saturated rings. The molecule has 0 aliphatic heterocycles. The molecule has 0 aliphatic rings. The predicted octanol–water partition coefficient (Wildman–Crippen LogP) is 1.44. The summed E-state index contributed by atoms with van der Waals surface area (Å²) < 4.78 is 30.7. The summed E-state index contributed by atoms with van der Waals surface area (Å²) in [5.74, 6) is -1.13. The second kappa shape index (κ2) is 5.11. The quantitative estimate of drug-likeness (QED) is 0.847. The maximum absolute atomic E-state index is 11.7. The fraction of sp³-hybridized carbons (Fsp3) is 0.545. The Morgan fingerprint density at radius 3 is 2.44 bits per heavy atom. The minimum atomic E-state index is -3.41. The van der Waals surface area contributed by atoms with Gasteiger partial charge in [-0.1, -0.05) is 20.8 Å². The van der Waals surface area contributed by atoms with Crippen LogP contribution in [0.2, 0.25) is 0 Å². The van der Waals surface area contributed by atoms with Gasteiger partial charge in [0.25, 0.3) is 0 Å². The number of furan rings is 1. The van der Waals surface area contributed by atoms with Gasteiger partial charge in [0.1, 0.15) is 5.76 Å². The van der Waals surface area contributed by atoms with Crippen molar-refractivity contribution in [3.8, 4) is 0 Å². The summed E-state index contributed by atoms with van der Waals surface area (Å²) in [5, 5.41) is 8.65. The Hall–Kier alpha value is -1.34. The van der Waals surface area contributed by atoms with E-state index in [4.69, 9.17) is 9.52 Å². The van der Waals surface area contributed by atoms with Gasteiger partial charge in [0, 0.05) is 0 Å². The fourth-order valence-corrected chi connectivity index (χ4v) is 2.99. The van der Waals surface area contributed by atoms with Crippen molar-refractivity contribution in [2.75, 3.05) is 5.75 Å². The lowest BCUT2D eigenvalue weighted by Crippen LogP contribution is -2.31. The highest BCUT2D eigenvalue weighted by molar-refractivity contribution is 7.89. The van der Waals surface area contributed by atoms with Crippen LogP contribution < -0.4 is 4.72 Å². The van der Waals surface area contributed by atoms with Gasteiger partial charge in [0.2, 0.25) is 15.8 Å². The first-order chi connectivity index (χ1) is 8.09. The first kappa shape index (κ1) is 14.7. The van der Waals surface area contributed by atoms with Crippen LogP contribution >= 0.6 is 0 Å². The normalized spacial score (nSPS) is 12.6. The number of rotatable bonds is 5. The van der Waals surface area contributed by atoms with Gasteiger partial charge < -0.3 is 9.52 Å². The van der Waals surface area contributed by atoms with Gasteiger partial charge in [-0.15, -0.1) is 0 Å². The number of sulfonamides is 1. The van der Waals surface area contributed by atoms with E-state index in [9.17, 15) is 13.2 Å². The molecule has 0 atom stereocenters. The number of nitrogens with one attached hydrogen (secondary N) is 1. The first-order valence-electron chi connectivity index (χ1n) is 5.38. The summed E-state index contributed by atoms with van der Waals surface area (Å²) in [5.41, 5.74) is -0.346. The molecule has 0 aliphatic carbocycles. The van der Waals surface area contributed by atoms with Crippen LogP contribution in [-0.2, 0) is 16.6 Å². The number of carboxylic acids is 1. The van der Waals surface area contributed by atoms with E-state index in [-0.39, 0.29) is 29.2 Å². The Labute approximate surface area is 106 Å². The highest BCUT2D eigenvalue weighted by atomic mass is 32.2. The molecule has 0 unspecified atom stereocenters. The van der Waals surface area contributed by atoms with Crippen LogP contribution in [0.5, 0.6) is 0 Å². The summed E-state index contributed by atoms with van der Waals surface area (Å²) >= 11 is 0. The average molecular weight is 275 g/mol. The molecule has 0 amide bonds. The summed E-state index contributed by atoms with van der Waals surface area (Å²) in [7, 11) is -3.41. The zero-order valence-corrected chi connectivity index (χ0v) is 11.4. The zero-order chi connectivity index (χ0) is 14.0. The Kier molecular flexibility index (Phi) is 4.18. The fourth-order valence-electron chi connectivity index (χ4n) is 1.39. The van der Waals surface area contributed by atoms with Gasteiger partial charge in [-0.05, 0) is 17.5 Å². The van der Waals surface area contributed by atoms with Crippen molar-refractivity contribution in [3.05, 3.63) is 23.7 Å². The molecule has 6 nitrogen and oxygen atoms in total. The smallest absolute Gasteiger partial charge is 0.371 e. The van der Waals surface area contributed by atoms with Crippen molar-refractivity contribution in [1.82, 2.24) is 4.72 Å². The zero-order valence-electron chi connectivity index (χ0n) is 10.6. The number of hydrogen-bond donors (Lipinski definition) is 2. The van der Waals surface area contributed by atoms with Gasteiger partial charge >= 0.3 is 5.97 Å². The van der Waals surface area contributed by atoms with Crippen molar-refractivity contribution in [2.45, 2.75) is 27.3 Å². The second-order valence-corrected chi connectivity index (χ2v) is 7.02. The second-order valence-electron chi connectivity index (χ2n) is 5.21. The molecule has 1 aromatic heterocycles. The molecule has 102 valence electrons. The highest BCUT2D eigenvalue weighted by Gasteiger charge is 2.21. The lowest BCUT2D eigenvalue weighted by atomic mass is 10.0. The molecule has 0 bridgehead atoms. The van der Waals surface area contributed by atoms with Crippen molar-refractivity contribution >= 4 is 16.0 Å². The third-order valence-corrected chi connectivity index (χ3v) is 3.79. The number of carbonyl (C=O) groups is 1. The summed E-state index contributed by atoms with van der Waals surface area (Å²) in [4.78, 5) is 10.6. The molecular weight excluding hydrogens is 258 g/mol. The van der Waals surface area contributed by atoms with Crippen LogP contribution in [0, 0.1) is 5.41 Å². The van der Waals surface area contributed by atoms with Crippen LogP contribution in [-0.4, -0.2) is 25.2 Å². The van der Waals surface area contributed by atoms with Crippen LogP contribution in [0.15, 0.2) is 16.5 Å². The third kappa shape index (κ3) is 4.89. The first-order valence-corrected chi connectivity index (χ1v) is 7.04. The Balaban J connectivity index is 2.62. The maximum atomic E-state index is 11.7. The molecule has 2 N–H and O–H groups in total. The monoisotopic (exact) mass is 275 g/mol.